The van der Waals surface area contributed by atoms with E-state index in [4.69, 9.17) is 4.74 Å². The highest BCUT2D eigenvalue weighted by molar-refractivity contribution is 5.44. The summed E-state index contributed by atoms with van der Waals surface area (Å²) in [4.78, 5) is 0. The van der Waals surface area contributed by atoms with Gasteiger partial charge in [0.25, 0.3) is 0 Å². The molecule has 1 heterocycles. The fourth-order valence-electron chi connectivity index (χ4n) is 2.35. The van der Waals surface area contributed by atoms with E-state index in [-0.39, 0.29) is 0 Å². The summed E-state index contributed by atoms with van der Waals surface area (Å²) in [7, 11) is 3.67. The molecule has 0 fully saturated rings. The highest BCUT2D eigenvalue weighted by Gasteiger charge is 2.10. The van der Waals surface area contributed by atoms with Gasteiger partial charge in [0, 0.05) is 29.7 Å². The predicted octanol–water partition coefficient (Wildman–Crippen LogP) is 2.82. The molecule has 0 atom stereocenters. The van der Waals surface area contributed by atoms with Gasteiger partial charge in [-0.1, -0.05) is 6.07 Å². The molecule has 1 aromatic heterocycles. The monoisotopic (exact) mass is 244 g/mol. The van der Waals surface area contributed by atoms with Gasteiger partial charge in [-0.2, -0.15) is 0 Å². The van der Waals surface area contributed by atoms with Crippen LogP contribution in [0.25, 0.3) is 5.69 Å². The Bertz CT molecular complexity index is 543. The fourth-order valence-corrected chi connectivity index (χ4v) is 2.35. The van der Waals surface area contributed by atoms with Crippen LogP contribution in [0.4, 0.5) is 0 Å². The van der Waals surface area contributed by atoms with Crippen molar-refractivity contribution in [3.63, 3.8) is 0 Å². The van der Waals surface area contributed by atoms with E-state index < -0.39 is 0 Å². The van der Waals surface area contributed by atoms with Gasteiger partial charge in [0.05, 0.1) is 7.11 Å². The summed E-state index contributed by atoms with van der Waals surface area (Å²) in [5.41, 5.74) is 4.99. The maximum absolute atomic E-state index is 5.28. The first-order chi connectivity index (χ1) is 8.67. The molecule has 0 saturated carbocycles. The van der Waals surface area contributed by atoms with Crippen LogP contribution in [0.2, 0.25) is 0 Å². The quantitative estimate of drug-likeness (QED) is 0.895. The van der Waals surface area contributed by atoms with E-state index in [1.807, 2.05) is 19.2 Å². The lowest BCUT2D eigenvalue weighted by atomic mass is 10.2. The summed E-state index contributed by atoms with van der Waals surface area (Å²) in [5, 5.41) is 3.20. The van der Waals surface area contributed by atoms with Crippen LogP contribution in [0.3, 0.4) is 0 Å². The number of hydrogen-bond donors (Lipinski definition) is 1. The Labute approximate surface area is 108 Å². The van der Waals surface area contributed by atoms with Crippen molar-refractivity contribution in [1.29, 1.82) is 0 Å². The minimum atomic E-state index is 0.884. The van der Waals surface area contributed by atoms with Gasteiger partial charge in [0.15, 0.2) is 0 Å². The predicted molar refractivity (Wildman–Crippen MR) is 74.6 cm³/mol. The number of nitrogens with one attached hydrogen (secondary N) is 1. The van der Waals surface area contributed by atoms with Crippen molar-refractivity contribution >= 4 is 0 Å². The molecule has 3 heteroatoms. The molecular weight excluding hydrogens is 224 g/mol. The fraction of sp³-hybridized carbons (Fsp3) is 0.333. The van der Waals surface area contributed by atoms with E-state index in [0.717, 1.165) is 18.0 Å². The second-order valence-electron chi connectivity index (χ2n) is 4.46. The SMILES string of the molecule is CNCc1cc(C)n(-c2cccc(OC)c2)c1C. The second-order valence-corrected chi connectivity index (χ2v) is 4.46. The molecule has 96 valence electrons. The van der Waals surface area contributed by atoms with E-state index in [0.29, 0.717) is 0 Å². The summed E-state index contributed by atoms with van der Waals surface area (Å²) in [5.74, 6) is 0.884. The number of aromatic nitrogens is 1. The van der Waals surface area contributed by atoms with Gasteiger partial charge in [-0.15, -0.1) is 0 Å². The minimum Gasteiger partial charge on any atom is -0.497 e. The number of methoxy groups -OCH3 is 1. The Morgan fingerprint density at radius 2 is 2.00 bits per heavy atom. The first kappa shape index (κ1) is 12.7. The molecule has 0 aliphatic carbocycles. The molecule has 0 spiro atoms. The lowest BCUT2D eigenvalue weighted by Crippen LogP contribution is -2.06. The average molecular weight is 244 g/mol. The van der Waals surface area contributed by atoms with Gasteiger partial charge >= 0.3 is 0 Å². The highest BCUT2D eigenvalue weighted by atomic mass is 16.5. The Balaban J connectivity index is 2.49. The van der Waals surface area contributed by atoms with Crippen molar-refractivity contribution in [2.24, 2.45) is 0 Å². The van der Waals surface area contributed by atoms with Gasteiger partial charge in [-0.05, 0) is 44.7 Å². The summed E-state index contributed by atoms with van der Waals surface area (Å²) in [6.07, 6.45) is 0. The highest BCUT2D eigenvalue weighted by Crippen LogP contribution is 2.23. The van der Waals surface area contributed by atoms with Crippen molar-refractivity contribution in [3.8, 4) is 11.4 Å². The zero-order chi connectivity index (χ0) is 13.1. The van der Waals surface area contributed by atoms with Crippen LogP contribution in [-0.2, 0) is 6.54 Å². The second kappa shape index (κ2) is 5.27. The summed E-state index contributed by atoms with van der Waals surface area (Å²) in [6.45, 7) is 5.18. The standard InChI is InChI=1S/C15H20N2O/c1-11-8-13(10-16-3)12(2)17(11)14-6-5-7-15(9-14)18-4/h5-9,16H,10H2,1-4H3. The third-order valence-corrected chi connectivity index (χ3v) is 3.21. The Kier molecular flexibility index (Phi) is 3.72. The number of nitrogens with zero attached hydrogens (tertiary/aromatic N) is 1. The van der Waals surface area contributed by atoms with Crippen molar-refractivity contribution in [2.45, 2.75) is 20.4 Å². The zero-order valence-electron chi connectivity index (χ0n) is 11.4. The van der Waals surface area contributed by atoms with Crippen LogP contribution >= 0.6 is 0 Å². The first-order valence-electron chi connectivity index (χ1n) is 6.14. The van der Waals surface area contributed by atoms with Crippen LogP contribution < -0.4 is 10.1 Å². The first-order valence-corrected chi connectivity index (χ1v) is 6.14. The average Bonchev–Trinajstić information content (AvgIpc) is 2.65. The molecule has 3 nitrogen and oxygen atoms in total. The third-order valence-electron chi connectivity index (χ3n) is 3.21. The van der Waals surface area contributed by atoms with Crippen molar-refractivity contribution in [3.05, 3.63) is 47.3 Å². The lowest BCUT2D eigenvalue weighted by Gasteiger charge is -2.11. The molecule has 1 aromatic carbocycles. The largest absolute Gasteiger partial charge is 0.497 e. The van der Waals surface area contributed by atoms with Gasteiger partial charge in [-0.25, -0.2) is 0 Å². The molecule has 0 bridgehead atoms. The minimum absolute atomic E-state index is 0.884. The Morgan fingerprint density at radius 3 is 2.67 bits per heavy atom. The van der Waals surface area contributed by atoms with Gasteiger partial charge < -0.3 is 14.6 Å². The van der Waals surface area contributed by atoms with Crippen LogP contribution in [0.15, 0.2) is 30.3 Å². The van der Waals surface area contributed by atoms with E-state index in [9.17, 15) is 0 Å². The normalized spacial score (nSPS) is 10.7. The molecule has 0 amide bonds. The number of aryl methyl sites for hydroxylation is 1. The summed E-state index contributed by atoms with van der Waals surface area (Å²) >= 11 is 0. The van der Waals surface area contributed by atoms with Gasteiger partial charge in [0.2, 0.25) is 0 Å². The summed E-state index contributed by atoms with van der Waals surface area (Å²) < 4.78 is 7.54. The van der Waals surface area contributed by atoms with Crippen molar-refractivity contribution < 1.29 is 4.74 Å². The Hall–Kier alpha value is -1.74. The molecule has 0 aliphatic rings. The molecule has 0 radical (unpaired) electrons. The third kappa shape index (κ3) is 2.27. The van der Waals surface area contributed by atoms with Crippen LogP contribution in [0.1, 0.15) is 17.0 Å². The number of rotatable bonds is 4. The van der Waals surface area contributed by atoms with E-state index >= 15 is 0 Å². The molecule has 0 unspecified atom stereocenters. The number of hydrogen-bond acceptors (Lipinski definition) is 2. The van der Waals surface area contributed by atoms with Crippen LogP contribution in [0.5, 0.6) is 5.75 Å². The van der Waals surface area contributed by atoms with Gasteiger partial charge in [-0.3, -0.25) is 0 Å². The maximum atomic E-state index is 5.28. The summed E-state index contributed by atoms with van der Waals surface area (Å²) in [6, 6.07) is 10.4. The van der Waals surface area contributed by atoms with Crippen molar-refractivity contribution in [1.82, 2.24) is 9.88 Å². The van der Waals surface area contributed by atoms with E-state index in [1.165, 1.54) is 17.0 Å². The topological polar surface area (TPSA) is 26.2 Å². The maximum Gasteiger partial charge on any atom is 0.120 e. The zero-order valence-corrected chi connectivity index (χ0v) is 11.4. The van der Waals surface area contributed by atoms with Crippen molar-refractivity contribution in [2.75, 3.05) is 14.2 Å². The Morgan fingerprint density at radius 1 is 1.22 bits per heavy atom. The molecule has 1 N–H and O–H groups in total. The van der Waals surface area contributed by atoms with E-state index in [1.54, 1.807) is 7.11 Å². The molecule has 18 heavy (non-hydrogen) atoms. The van der Waals surface area contributed by atoms with Crippen LogP contribution in [0, 0.1) is 13.8 Å². The lowest BCUT2D eigenvalue weighted by molar-refractivity contribution is 0.414. The van der Waals surface area contributed by atoms with E-state index in [2.05, 4.69) is 41.9 Å². The molecule has 2 aromatic rings. The van der Waals surface area contributed by atoms with Gasteiger partial charge in [0.1, 0.15) is 5.75 Å². The molecular formula is C15H20N2O. The number of benzene rings is 1. The molecule has 2 rings (SSSR count). The smallest absolute Gasteiger partial charge is 0.120 e. The van der Waals surface area contributed by atoms with Crippen LogP contribution in [-0.4, -0.2) is 18.7 Å². The number of ether oxygens (including phenoxy) is 1. The molecule has 0 aliphatic heterocycles. The molecule has 0 saturated heterocycles.